The molecule has 1 nitrogen and oxygen atoms in total. The molecule has 0 aromatic rings. The molecule has 0 atom stereocenters. The van der Waals surface area contributed by atoms with Crippen LogP contribution in [0.25, 0.3) is 0 Å². The smallest absolute Gasteiger partial charge is 0.00692 e. The van der Waals surface area contributed by atoms with E-state index in [1.165, 1.54) is 24.6 Å². The van der Waals surface area contributed by atoms with Gasteiger partial charge in [-0.3, -0.25) is 0 Å². The highest BCUT2D eigenvalue weighted by molar-refractivity contribution is 7.99. The van der Waals surface area contributed by atoms with E-state index in [-0.39, 0.29) is 0 Å². The van der Waals surface area contributed by atoms with Crippen molar-refractivity contribution in [1.29, 1.82) is 0 Å². The number of nitrogens with zero attached hydrogens (tertiary/aromatic N) is 1. The first-order valence-electron chi connectivity index (χ1n) is 5.57. The molecule has 0 aliphatic heterocycles. The first-order valence-corrected chi connectivity index (χ1v) is 6.73. The fraction of sp³-hybridized carbons (Fsp3) is 1.00. The van der Waals surface area contributed by atoms with E-state index in [9.17, 15) is 0 Å². The minimum Gasteiger partial charge on any atom is -0.306 e. The monoisotopic (exact) mass is 207 g/mol. The van der Waals surface area contributed by atoms with Crippen LogP contribution in [-0.2, 0) is 0 Å². The van der Waals surface area contributed by atoms with Crippen LogP contribution in [0.2, 0.25) is 0 Å². The third-order valence-corrected chi connectivity index (χ3v) is 2.24. The molecule has 0 radical (unpaired) electrons. The van der Waals surface area contributed by atoms with Gasteiger partial charge in [0.05, 0.1) is 0 Å². The Morgan fingerprint density at radius 3 is 1.77 bits per heavy atom. The summed E-state index contributed by atoms with van der Waals surface area (Å²) in [6, 6.07) is 0. The van der Waals surface area contributed by atoms with E-state index in [4.69, 9.17) is 0 Å². The summed E-state index contributed by atoms with van der Waals surface area (Å²) in [5, 5.41) is 0. The van der Waals surface area contributed by atoms with Crippen molar-refractivity contribution in [3.05, 3.63) is 0 Å². The van der Waals surface area contributed by atoms with E-state index in [0.717, 1.165) is 0 Å². The summed E-state index contributed by atoms with van der Waals surface area (Å²) >= 11 is 2.01. The van der Waals surface area contributed by atoms with Crippen LogP contribution in [-0.4, -0.2) is 36.5 Å². The molecule has 0 unspecified atom stereocenters. The van der Waals surface area contributed by atoms with Crippen molar-refractivity contribution in [2.75, 3.05) is 31.6 Å². The summed E-state index contributed by atoms with van der Waals surface area (Å²) in [5.74, 6) is 2.53. The fourth-order valence-electron chi connectivity index (χ4n) is 0.523. The molecular weight excluding hydrogens is 178 g/mol. The maximum Gasteiger partial charge on any atom is 0.00692 e. The number of thioether (sulfide) groups is 1. The second-order valence-corrected chi connectivity index (χ2v) is 3.49. The minimum atomic E-state index is 1.17. The SMILES string of the molecule is CC.CC.CCSCCN(C)CC. The quantitative estimate of drug-likeness (QED) is 0.632. The van der Waals surface area contributed by atoms with Gasteiger partial charge in [0, 0.05) is 12.3 Å². The summed E-state index contributed by atoms with van der Waals surface area (Å²) in [7, 11) is 2.16. The van der Waals surface area contributed by atoms with Crippen LogP contribution < -0.4 is 0 Å². The van der Waals surface area contributed by atoms with E-state index in [0.29, 0.717) is 0 Å². The molecule has 2 heteroatoms. The Bertz CT molecular complexity index is 58.1. The van der Waals surface area contributed by atoms with Gasteiger partial charge in [-0.2, -0.15) is 11.8 Å². The topological polar surface area (TPSA) is 3.24 Å². The van der Waals surface area contributed by atoms with Crippen LogP contribution in [0.15, 0.2) is 0 Å². The molecule has 0 aliphatic carbocycles. The van der Waals surface area contributed by atoms with Gasteiger partial charge in [-0.05, 0) is 19.3 Å². The fourth-order valence-corrected chi connectivity index (χ4v) is 1.25. The highest BCUT2D eigenvalue weighted by atomic mass is 32.2. The van der Waals surface area contributed by atoms with Crippen molar-refractivity contribution in [2.45, 2.75) is 41.5 Å². The largest absolute Gasteiger partial charge is 0.306 e. The van der Waals surface area contributed by atoms with Crippen molar-refractivity contribution in [3.63, 3.8) is 0 Å². The van der Waals surface area contributed by atoms with Crippen molar-refractivity contribution < 1.29 is 0 Å². The average Bonchev–Trinajstić information content (AvgIpc) is 2.24. The second-order valence-electron chi connectivity index (χ2n) is 2.09. The van der Waals surface area contributed by atoms with E-state index < -0.39 is 0 Å². The summed E-state index contributed by atoms with van der Waals surface area (Å²) in [5.41, 5.74) is 0. The standard InChI is InChI=1S/C7H17NS.2C2H6/c1-4-8(3)6-7-9-5-2;2*1-2/h4-7H2,1-3H3;2*1-2H3. The Labute approximate surface area is 90.3 Å². The molecule has 0 N–H and O–H groups in total. The van der Waals surface area contributed by atoms with E-state index >= 15 is 0 Å². The summed E-state index contributed by atoms with van der Waals surface area (Å²) < 4.78 is 0. The predicted octanol–water partition coefficient (Wildman–Crippen LogP) is 3.74. The van der Waals surface area contributed by atoms with Crippen LogP contribution in [0.3, 0.4) is 0 Å². The van der Waals surface area contributed by atoms with Crippen LogP contribution >= 0.6 is 11.8 Å². The molecule has 0 fully saturated rings. The van der Waals surface area contributed by atoms with Gasteiger partial charge in [0.25, 0.3) is 0 Å². The molecule has 0 spiro atoms. The molecule has 0 bridgehead atoms. The van der Waals surface area contributed by atoms with Crippen molar-refractivity contribution in [3.8, 4) is 0 Å². The van der Waals surface area contributed by atoms with Gasteiger partial charge in [0.2, 0.25) is 0 Å². The number of hydrogen-bond donors (Lipinski definition) is 0. The van der Waals surface area contributed by atoms with E-state index in [1.54, 1.807) is 0 Å². The van der Waals surface area contributed by atoms with Crippen molar-refractivity contribution >= 4 is 11.8 Å². The maximum atomic E-state index is 2.34. The molecule has 0 aromatic carbocycles. The summed E-state index contributed by atoms with van der Waals surface area (Å²) in [6.45, 7) is 14.8. The number of hydrogen-bond acceptors (Lipinski definition) is 2. The molecule has 0 saturated carbocycles. The molecule has 0 amide bonds. The minimum absolute atomic E-state index is 1.17. The lowest BCUT2D eigenvalue weighted by Gasteiger charge is -2.11. The molecule has 0 aliphatic rings. The lowest BCUT2D eigenvalue weighted by atomic mass is 10.6. The second kappa shape index (κ2) is 22.8. The van der Waals surface area contributed by atoms with Crippen molar-refractivity contribution in [2.24, 2.45) is 0 Å². The molecule has 0 rings (SSSR count). The molecule has 0 heterocycles. The summed E-state index contributed by atoms with van der Waals surface area (Å²) in [6.07, 6.45) is 0. The lowest BCUT2D eigenvalue weighted by molar-refractivity contribution is 0.376. The Hall–Kier alpha value is 0.310. The molecule has 0 saturated heterocycles. The van der Waals surface area contributed by atoms with Gasteiger partial charge in [0.15, 0.2) is 0 Å². The van der Waals surface area contributed by atoms with Crippen molar-refractivity contribution in [1.82, 2.24) is 4.90 Å². The van der Waals surface area contributed by atoms with E-state index in [1.807, 2.05) is 39.5 Å². The Balaban J connectivity index is -0.000000218. The highest BCUT2D eigenvalue weighted by Crippen LogP contribution is 1.97. The highest BCUT2D eigenvalue weighted by Gasteiger charge is 1.91. The van der Waals surface area contributed by atoms with Crippen LogP contribution in [0.5, 0.6) is 0 Å². The zero-order chi connectivity index (χ0) is 11.1. The third kappa shape index (κ3) is 24.5. The van der Waals surface area contributed by atoms with Gasteiger partial charge in [-0.25, -0.2) is 0 Å². The lowest BCUT2D eigenvalue weighted by Crippen LogP contribution is -2.20. The Kier molecular flexibility index (Phi) is 33.3. The Morgan fingerprint density at radius 1 is 1.00 bits per heavy atom. The van der Waals surface area contributed by atoms with Gasteiger partial charge < -0.3 is 4.90 Å². The zero-order valence-corrected chi connectivity index (χ0v) is 11.5. The van der Waals surface area contributed by atoms with Crippen LogP contribution in [0, 0.1) is 0 Å². The average molecular weight is 207 g/mol. The van der Waals surface area contributed by atoms with Gasteiger partial charge in [-0.1, -0.05) is 41.5 Å². The number of rotatable bonds is 5. The first-order chi connectivity index (χ1) is 6.31. The summed E-state index contributed by atoms with van der Waals surface area (Å²) in [4.78, 5) is 2.34. The van der Waals surface area contributed by atoms with Gasteiger partial charge >= 0.3 is 0 Å². The Morgan fingerprint density at radius 2 is 1.46 bits per heavy atom. The molecule has 13 heavy (non-hydrogen) atoms. The molecule has 84 valence electrons. The molecular formula is C11H29NS. The van der Waals surface area contributed by atoms with E-state index in [2.05, 4.69) is 25.8 Å². The zero-order valence-electron chi connectivity index (χ0n) is 10.7. The third-order valence-electron chi connectivity index (χ3n) is 1.36. The van der Waals surface area contributed by atoms with Gasteiger partial charge in [0.1, 0.15) is 0 Å². The first kappa shape index (κ1) is 19.0. The normalized spacial score (nSPS) is 8.31. The van der Waals surface area contributed by atoms with Crippen LogP contribution in [0.1, 0.15) is 41.5 Å². The van der Waals surface area contributed by atoms with Crippen LogP contribution in [0.4, 0.5) is 0 Å². The molecule has 0 aromatic heterocycles. The van der Waals surface area contributed by atoms with Gasteiger partial charge in [-0.15, -0.1) is 0 Å². The predicted molar refractivity (Wildman–Crippen MR) is 68.9 cm³/mol. The maximum absolute atomic E-state index is 2.34.